The van der Waals surface area contributed by atoms with Crippen LogP contribution in [-0.2, 0) is 4.79 Å². The zero-order valence-corrected chi connectivity index (χ0v) is 10.8. The summed E-state index contributed by atoms with van der Waals surface area (Å²) in [6.45, 7) is 9.13. The van der Waals surface area contributed by atoms with Gasteiger partial charge in [0.05, 0.1) is 11.6 Å². The molecular formula is C12H24N2O2. The summed E-state index contributed by atoms with van der Waals surface area (Å²) in [6, 6.07) is 0.00873. The largest absolute Gasteiger partial charge is 0.389 e. The molecule has 4 heteroatoms. The van der Waals surface area contributed by atoms with Gasteiger partial charge in [-0.2, -0.15) is 0 Å². The van der Waals surface area contributed by atoms with Gasteiger partial charge in [-0.15, -0.1) is 0 Å². The van der Waals surface area contributed by atoms with E-state index in [0.29, 0.717) is 6.54 Å². The van der Waals surface area contributed by atoms with Crippen molar-refractivity contribution < 1.29 is 9.90 Å². The number of piperidine rings is 1. The number of carbonyl (C=O) groups is 1. The van der Waals surface area contributed by atoms with Gasteiger partial charge in [0, 0.05) is 12.6 Å². The number of nitrogens with zero attached hydrogens (tertiary/aromatic N) is 1. The van der Waals surface area contributed by atoms with Crippen molar-refractivity contribution in [3.63, 3.8) is 0 Å². The highest BCUT2D eigenvalue weighted by atomic mass is 16.3. The van der Waals surface area contributed by atoms with Gasteiger partial charge in [-0.25, -0.2) is 0 Å². The lowest BCUT2D eigenvalue weighted by Gasteiger charge is -2.39. The van der Waals surface area contributed by atoms with Gasteiger partial charge in [-0.1, -0.05) is 0 Å². The van der Waals surface area contributed by atoms with Crippen LogP contribution >= 0.6 is 0 Å². The molecule has 1 heterocycles. The van der Waals surface area contributed by atoms with Crippen molar-refractivity contribution in [2.75, 3.05) is 13.1 Å². The number of rotatable bonds is 3. The minimum atomic E-state index is -0.648. The number of aliphatic hydroxyl groups is 1. The fourth-order valence-corrected chi connectivity index (χ4v) is 2.16. The Bertz CT molecular complexity index is 251. The van der Waals surface area contributed by atoms with Crippen molar-refractivity contribution in [1.82, 2.24) is 10.2 Å². The van der Waals surface area contributed by atoms with Gasteiger partial charge in [0.1, 0.15) is 0 Å². The monoisotopic (exact) mass is 228 g/mol. The van der Waals surface area contributed by atoms with Crippen molar-refractivity contribution in [2.24, 2.45) is 0 Å². The van der Waals surface area contributed by atoms with Crippen molar-refractivity contribution >= 4 is 5.91 Å². The van der Waals surface area contributed by atoms with Gasteiger partial charge >= 0.3 is 0 Å². The molecule has 0 aromatic heterocycles. The van der Waals surface area contributed by atoms with Crippen molar-refractivity contribution in [3.05, 3.63) is 0 Å². The van der Waals surface area contributed by atoms with Crippen LogP contribution in [0.1, 0.15) is 40.5 Å². The number of β-amino-alcohol motifs (C(OH)–C–C–N with tert-alkyl or cyclic N) is 1. The number of hydrogen-bond donors (Lipinski definition) is 2. The normalized spacial score (nSPS) is 29.1. The van der Waals surface area contributed by atoms with E-state index in [9.17, 15) is 9.90 Å². The molecule has 1 amide bonds. The van der Waals surface area contributed by atoms with Crippen LogP contribution in [0.2, 0.25) is 0 Å². The molecule has 2 atom stereocenters. The summed E-state index contributed by atoms with van der Waals surface area (Å²) >= 11 is 0. The fourth-order valence-electron chi connectivity index (χ4n) is 2.16. The van der Waals surface area contributed by atoms with Crippen LogP contribution in [0, 0.1) is 0 Å². The Kier molecular flexibility index (Phi) is 4.33. The second-order valence-corrected chi connectivity index (χ2v) is 5.41. The number of likely N-dealkylation sites (tertiary alicyclic amines) is 1. The van der Waals surface area contributed by atoms with E-state index in [0.717, 1.165) is 19.4 Å². The van der Waals surface area contributed by atoms with E-state index in [1.807, 2.05) is 27.7 Å². The molecular weight excluding hydrogens is 204 g/mol. The molecule has 1 saturated heterocycles. The molecule has 0 aromatic carbocycles. The van der Waals surface area contributed by atoms with Gasteiger partial charge in [-0.3, -0.25) is 9.69 Å². The van der Waals surface area contributed by atoms with Crippen LogP contribution in [0.5, 0.6) is 0 Å². The number of nitrogens with one attached hydrogen (secondary N) is 1. The first-order valence-corrected chi connectivity index (χ1v) is 6.08. The van der Waals surface area contributed by atoms with Crippen molar-refractivity contribution in [1.29, 1.82) is 0 Å². The Labute approximate surface area is 98.0 Å². The predicted molar refractivity (Wildman–Crippen MR) is 64.2 cm³/mol. The Hall–Kier alpha value is -0.610. The molecule has 0 aliphatic carbocycles. The third-order valence-electron chi connectivity index (χ3n) is 3.06. The summed E-state index contributed by atoms with van der Waals surface area (Å²) in [4.78, 5) is 13.9. The van der Waals surface area contributed by atoms with E-state index in [1.165, 1.54) is 0 Å². The maximum absolute atomic E-state index is 11.8. The van der Waals surface area contributed by atoms with Crippen LogP contribution in [0.4, 0.5) is 0 Å². The molecule has 1 fully saturated rings. The first-order chi connectivity index (χ1) is 7.32. The average Bonchev–Trinajstić information content (AvgIpc) is 2.13. The quantitative estimate of drug-likeness (QED) is 0.749. The molecule has 94 valence electrons. The van der Waals surface area contributed by atoms with Gasteiger partial charge < -0.3 is 10.4 Å². The minimum Gasteiger partial charge on any atom is -0.389 e. The molecule has 2 unspecified atom stereocenters. The minimum absolute atomic E-state index is 0.0488. The average molecular weight is 228 g/mol. The molecule has 1 rings (SSSR count). The molecule has 4 nitrogen and oxygen atoms in total. The molecule has 0 bridgehead atoms. The highest BCUT2D eigenvalue weighted by molar-refractivity contribution is 5.81. The van der Waals surface area contributed by atoms with E-state index in [2.05, 4.69) is 10.2 Å². The third-order valence-corrected chi connectivity index (χ3v) is 3.06. The van der Waals surface area contributed by atoms with E-state index in [4.69, 9.17) is 0 Å². The smallest absolute Gasteiger partial charge is 0.237 e. The molecule has 16 heavy (non-hydrogen) atoms. The summed E-state index contributed by atoms with van der Waals surface area (Å²) in [6.07, 6.45) is 1.77. The predicted octanol–water partition coefficient (Wildman–Crippen LogP) is 0.746. The SMILES string of the molecule is CC(C)NC(=O)C(C)N1CCCC(C)(O)C1. The first-order valence-electron chi connectivity index (χ1n) is 6.08. The molecule has 0 spiro atoms. The second-order valence-electron chi connectivity index (χ2n) is 5.41. The summed E-state index contributed by atoms with van der Waals surface area (Å²) in [5, 5.41) is 12.9. The number of carbonyl (C=O) groups excluding carboxylic acids is 1. The molecule has 0 saturated carbocycles. The summed E-state index contributed by atoms with van der Waals surface area (Å²) in [5.74, 6) is 0.0488. The van der Waals surface area contributed by atoms with E-state index in [1.54, 1.807) is 0 Å². The number of hydrogen-bond acceptors (Lipinski definition) is 3. The topological polar surface area (TPSA) is 52.6 Å². The highest BCUT2D eigenvalue weighted by Gasteiger charge is 2.32. The molecule has 0 aromatic rings. The zero-order valence-electron chi connectivity index (χ0n) is 10.8. The van der Waals surface area contributed by atoms with E-state index >= 15 is 0 Å². The molecule has 2 N–H and O–H groups in total. The van der Waals surface area contributed by atoms with Crippen LogP contribution in [0.15, 0.2) is 0 Å². The molecule has 1 aliphatic rings. The van der Waals surface area contributed by atoms with E-state index < -0.39 is 5.60 Å². The molecule has 0 radical (unpaired) electrons. The van der Waals surface area contributed by atoms with Gasteiger partial charge in [0.15, 0.2) is 0 Å². The van der Waals surface area contributed by atoms with E-state index in [-0.39, 0.29) is 18.0 Å². The lowest BCUT2D eigenvalue weighted by molar-refractivity contribution is -0.128. The van der Waals surface area contributed by atoms with Crippen molar-refractivity contribution in [3.8, 4) is 0 Å². The summed E-state index contributed by atoms with van der Waals surface area (Å²) in [5.41, 5.74) is -0.648. The Balaban J connectivity index is 2.53. The summed E-state index contributed by atoms with van der Waals surface area (Å²) < 4.78 is 0. The molecule has 1 aliphatic heterocycles. The van der Waals surface area contributed by atoms with Crippen LogP contribution in [0.25, 0.3) is 0 Å². The lowest BCUT2D eigenvalue weighted by atomic mass is 9.94. The van der Waals surface area contributed by atoms with Crippen molar-refractivity contribution in [2.45, 2.75) is 58.2 Å². The zero-order chi connectivity index (χ0) is 12.3. The Morgan fingerprint density at radius 2 is 2.06 bits per heavy atom. The lowest BCUT2D eigenvalue weighted by Crippen LogP contribution is -2.54. The van der Waals surface area contributed by atoms with Gasteiger partial charge in [-0.05, 0) is 47.1 Å². The standard InChI is InChI=1S/C12H24N2O2/c1-9(2)13-11(15)10(3)14-7-5-6-12(4,16)8-14/h9-10,16H,5-8H2,1-4H3,(H,13,15). The van der Waals surface area contributed by atoms with Crippen LogP contribution in [-0.4, -0.2) is 46.7 Å². The maximum Gasteiger partial charge on any atom is 0.237 e. The highest BCUT2D eigenvalue weighted by Crippen LogP contribution is 2.21. The number of amides is 1. The summed E-state index contributed by atoms with van der Waals surface area (Å²) in [7, 11) is 0. The Morgan fingerprint density at radius 3 is 2.56 bits per heavy atom. The van der Waals surface area contributed by atoms with Gasteiger partial charge in [0.2, 0.25) is 5.91 Å². The maximum atomic E-state index is 11.8. The Morgan fingerprint density at radius 1 is 1.44 bits per heavy atom. The van der Waals surface area contributed by atoms with Crippen LogP contribution in [0.3, 0.4) is 0 Å². The van der Waals surface area contributed by atoms with Gasteiger partial charge in [0.25, 0.3) is 0 Å². The fraction of sp³-hybridized carbons (Fsp3) is 0.917. The van der Waals surface area contributed by atoms with Crippen LogP contribution < -0.4 is 5.32 Å². The third kappa shape index (κ3) is 3.76. The first kappa shape index (κ1) is 13.5. The second kappa shape index (κ2) is 5.15.